The zero-order valence-corrected chi connectivity index (χ0v) is 9.89. The zero-order valence-electron chi connectivity index (χ0n) is 9.07. The van der Waals surface area contributed by atoms with Gasteiger partial charge in [-0.25, -0.2) is 4.98 Å². The summed E-state index contributed by atoms with van der Waals surface area (Å²) in [7, 11) is 0. The van der Waals surface area contributed by atoms with Crippen molar-refractivity contribution in [3.8, 4) is 0 Å². The van der Waals surface area contributed by atoms with E-state index in [2.05, 4.69) is 15.7 Å². The summed E-state index contributed by atoms with van der Waals surface area (Å²) in [5.41, 5.74) is 1.12. The molecule has 2 unspecified atom stereocenters. The Bertz CT molecular complexity index is 313. The quantitative estimate of drug-likeness (QED) is 0.821. The monoisotopic (exact) mass is 226 g/mol. The Balaban J connectivity index is 1.70. The maximum Gasteiger partial charge on any atom is 0.0897 e. The molecule has 15 heavy (non-hydrogen) atoms. The third-order valence-electron chi connectivity index (χ3n) is 3.00. The molecule has 2 N–H and O–H groups in total. The molecule has 4 heteroatoms. The van der Waals surface area contributed by atoms with E-state index in [0.29, 0.717) is 5.92 Å². The number of aliphatic hydroxyl groups is 1. The maximum atomic E-state index is 9.64. The third kappa shape index (κ3) is 3.00. The SMILES string of the molecule is Cc1nc(CNCC2CCCC2O)cs1. The van der Waals surface area contributed by atoms with E-state index in [1.165, 1.54) is 6.42 Å². The van der Waals surface area contributed by atoms with Gasteiger partial charge in [-0.3, -0.25) is 0 Å². The van der Waals surface area contributed by atoms with Crippen molar-refractivity contribution in [2.75, 3.05) is 6.54 Å². The van der Waals surface area contributed by atoms with Crippen LogP contribution >= 0.6 is 11.3 Å². The van der Waals surface area contributed by atoms with Crippen molar-refractivity contribution >= 4 is 11.3 Å². The van der Waals surface area contributed by atoms with Crippen molar-refractivity contribution in [3.63, 3.8) is 0 Å². The van der Waals surface area contributed by atoms with E-state index in [4.69, 9.17) is 0 Å². The highest BCUT2D eigenvalue weighted by molar-refractivity contribution is 7.09. The van der Waals surface area contributed by atoms with E-state index in [0.717, 1.165) is 36.6 Å². The first-order valence-corrected chi connectivity index (χ1v) is 6.43. The average Bonchev–Trinajstić information content (AvgIpc) is 2.77. The van der Waals surface area contributed by atoms with E-state index in [1.54, 1.807) is 11.3 Å². The molecule has 0 aliphatic heterocycles. The molecule has 1 aliphatic carbocycles. The fraction of sp³-hybridized carbons (Fsp3) is 0.727. The van der Waals surface area contributed by atoms with E-state index in [9.17, 15) is 5.11 Å². The normalized spacial score (nSPS) is 26.0. The molecule has 1 aromatic heterocycles. The molecule has 2 rings (SSSR count). The fourth-order valence-corrected chi connectivity index (χ4v) is 2.74. The molecule has 0 amide bonds. The summed E-state index contributed by atoms with van der Waals surface area (Å²) in [6.07, 6.45) is 3.21. The number of aromatic nitrogens is 1. The van der Waals surface area contributed by atoms with Gasteiger partial charge in [0.25, 0.3) is 0 Å². The first-order chi connectivity index (χ1) is 7.25. The lowest BCUT2D eigenvalue weighted by molar-refractivity contribution is 0.131. The van der Waals surface area contributed by atoms with Gasteiger partial charge in [-0.1, -0.05) is 6.42 Å². The van der Waals surface area contributed by atoms with Crippen molar-refractivity contribution in [1.29, 1.82) is 0 Å². The lowest BCUT2D eigenvalue weighted by atomic mass is 10.1. The largest absolute Gasteiger partial charge is 0.393 e. The molecule has 2 atom stereocenters. The van der Waals surface area contributed by atoms with Gasteiger partial charge >= 0.3 is 0 Å². The molecule has 84 valence electrons. The second kappa shape index (κ2) is 5.05. The van der Waals surface area contributed by atoms with Crippen LogP contribution in [0.1, 0.15) is 30.0 Å². The first kappa shape index (κ1) is 11.0. The number of hydrogen-bond donors (Lipinski definition) is 2. The number of nitrogens with zero attached hydrogens (tertiary/aromatic N) is 1. The number of aliphatic hydroxyl groups excluding tert-OH is 1. The summed E-state index contributed by atoms with van der Waals surface area (Å²) in [6.45, 7) is 3.76. The predicted octanol–water partition coefficient (Wildman–Crippen LogP) is 1.70. The molecule has 1 saturated carbocycles. The van der Waals surface area contributed by atoms with Crippen molar-refractivity contribution in [2.45, 2.75) is 38.8 Å². The highest BCUT2D eigenvalue weighted by atomic mass is 32.1. The van der Waals surface area contributed by atoms with Gasteiger partial charge in [0.15, 0.2) is 0 Å². The third-order valence-corrected chi connectivity index (χ3v) is 3.82. The molecule has 1 fully saturated rings. The summed E-state index contributed by atoms with van der Waals surface area (Å²) in [6, 6.07) is 0. The van der Waals surface area contributed by atoms with Gasteiger partial charge < -0.3 is 10.4 Å². The summed E-state index contributed by atoms with van der Waals surface area (Å²) < 4.78 is 0. The fourth-order valence-electron chi connectivity index (χ4n) is 2.13. The predicted molar refractivity (Wildman–Crippen MR) is 61.9 cm³/mol. The first-order valence-electron chi connectivity index (χ1n) is 5.55. The van der Waals surface area contributed by atoms with Gasteiger partial charge in [0.05, 0.1) is 16.8 Å². The molecule has 0 aromatic carbocycles. The second-order valence-electron chi connectivity index (χ2n) is 4.25. The van der Waals surface area contributed by atoms with E-state index >= 15 is 0 Å². The average molecular weight is 226 g/mol. The second-order valence-corrected chi connectivity index (χ2v) is 5.31. The van der Waals surface area contributed by atoms with Gasteiger partial charge in [-0.15, -0.1) is 11.3 Å². The Morgan fingerprint density at radius 2 is 2.47 bits per heavy atom. The number of aryl methyl sites for hydroxylation is 1. The number of thiazole rings is 1. The minimum Gasteiger partial charge on any atom is -0.393 e. The van der Waals surface area contributed by atoms with Crippen molar-refractivity contribution < 1.29 is 5.11 Å². The Labute approximate surface area is 94.5 Å². The molecule has 0 radical (unpaired) electrons. The maximum absolute atomic E-state index is 9.64. The number of rotatable bonds is 4. The minimum absolute atomic E-state index is 0.0883. The minimum atomic E-state index is -0.0883. The van der Waals surface area contributed by atoms with E-state index in [-0.39, 0.29) is 6.10 Å². The van der Waals surface area contributed by atoms with Gasteiger partial charge in [-0.05, 0) is 25.7 Å². The highest BCUT2D eigenvalue weighted by Gasteiger charge is 2.24. The van der Waals surface area contributed by atoms with E-state index < -0.39 is 0 Å². The van der Waals surface area contributed by atoms with Gasteiger partial charge in [-0.2, -0.15) is 0 Å². The van der Waals surface area contributed by atoms with Crippen molar-refractivity contribution in [1.82, 2.24) is 10.3 Å². The van der Waals surface area contributed by atoms with Crippen LogP contribution in [0.4, 0.5) is 0 Å². The summed E-state index contributed by atoms with van der Waals surface area (Å²) in [5, 5.41) is 16.2. The van der Waals surface area contributed by atoms with Crippen LogP contribution in [0, 0.1) is 12.8 Å². The van der Waals surface area contributed by atoms with Crippen molar-refractivity contribution in [3.05, 3.63) is 16.1 Å². The molecular formula is C11H18N2OS. The van der Waals surface area contributed by atoms with Crippen LogP contribution in [0.2, 0.25) is 0 Å². The van der Waals surface area contributed by atoms with Crippen molar-refractivity contribution in [2.24, 2.45) is 5.92 Å². The van der Waals surface area contributed by atoms with Gasteiger partial charge in [0, 0.05) is 18.5 Å². The lowest BCUT2D eigenvalue weighted by Gasteiger charge is -2.14. The van der Waals surface area contributed by atoms with Crippen LogP contribution in [0.3, 0.4) is 0 Å². The van der Waals surface area contributed by atoms with Crippen LogP contribution in [0.5, 0.6) is 0 Å². The molecule has 0 saturated heterocycles. The molecule has 1 aromatic rings. The number of nitrogens with one attached hydrogen (secondary N) is 1. The van der Waals surface area contributed by atoms with Crippen LogP contribution in [-0.2, 0) is 6.54 Å². The lowest BCUT2D eigenvalue weighted by Crippen LogP contribution is -2.27. The van der Waals surface area contributed by atoms with Crippen LogP contribution in [0.25, 0.3) is 0 Å². The smallest absolute Gasteiger partial charge is 0.0897 e. The zero-order chi connectivity index (χ0) is 10.7. The van der Waals surface area contributed by atoms with Gasteiger partial charge in [0.1, 0.15) is 0 Å². The molecular weight excluding hydrogens is 208 g/mol. The van der Waals surface area contributed by atoms with Crippen LogP contribution in [-0.4, -0.2) is 22.7 Å². The molecule has 1 heterocycles. The topological polar surface area (TPSA) is 45.2 Å². The molecule has 0 bridgehead atoms. The highest BCUT2D eigenvalue weighted by Crippen LogP contribution is 2.24. The van der Waals surface area contributed by atoms with Gasteiger partial charge in [0.2, 0.25) is 0 Å². The Kier molecular flexibility index (Phi) is 3.72. The Morgan fingerprint density at radius 1 is 1.60 bits per heavy atom. The summed E-state index contributed by atoms with van der Waals surface area (Å²) in [4.78, 5) is 4.39. The Hall–Kier alpha value is -0.450. The summed E-state index contributed by atoms with van der Waals surface area (Å²) in [5.74, 6) is 0.449. The molecule has 1 aliphatic rings. The van der Waals surface area contributed by atoms with Crippen LogP contribution in [0.15, 0.2) is 5.38 Å². The summed E-state index contributed by atoms with van der Waals surface area (Å²) >= 11 is 1.69. The standard InChI is InChI=1S/C11H18N2OS/c1-8-13-10(7-15-8)6-12-5-9-3-2-4-11(9)14/h7,9,11-12,14H,2-6H2,1H3. The molecule has 0 spiro atoms. The van der Waals surface area contributed by atoms with E-state index in [1.807, 2.05) is 6.92 Å². The number of hydrogen-bond acceptors (Lipinski definition) is 4. The molecule has 3 nitrogen and oxygen atoms in total. The Morgan fingerprint density at radius 3 is 3.07 bits per heavy atom. The van der Waals surface area contributed by atoms with Crippen LogP contribution < -0.4 is 5.32 Å².